The number of ether oxygens (including phenoxy) is 3. The van der Waals surface area contributed by atoms with Gasteiger partial charge < -0.3 is 14.2 Å². The van der Waals surface area contributed by atoms with Crippen LogP contribution in [-0.4, -0.2) is 49.4 Å². The van der Waals surface area contributed by atoms with E-state index in [0.717, 1.165) is 60.9 Å². The fourth-order valence-corrected chi connectivity index (χ4v) is 5.75. The molecule has 1 aromatic heterocycles. The highest BCUT2D eigenvalue weighted by Gasteiger charge is 2.38. The maximum atomic E-state index is 10.1. The molecule has 36 heavy (non-hydrogen) atoms. The van der Waals surface area contributed by atoms with Crippen LogP contribution in [0.4, 0.5) is 0 Å². The van der Waals surface area contributed by atoms with E-state index in [-0.39, 0.29) is 0 Å². The molecule has 3 aliphatic rings. The van der Waals surface area contributed by atoms with Crippen molar-refractivity contribution in [1.29, 1.82) is 5.26 Å². The number of likely N-dealkylation sites (tertiary alicyclic amines) is 1. The van der Waals surface area contributed by atoms with Crippen molar-refractivity contribution in [2.24, 2.45) is 5.41 Å². The van der Waals surface area contributed by atoms with Crippen LogP contribution < -0.4 is 9.47 Å². The number of nitriles is 1. The van der Waals surface area contributed by atoms with Crippen LogP contribution in [0.1, 0.15) is 30.4 Å². The molecule has 0 aliphatic carbocycles. The molecule has 0 bridgehead atoms. The van der Waals surface area contributed by atoms with Crippen LogP contribution in [0.5, 0.6) is 11.5 Å². The first-order chi connectivity index (χ1) is 17.6. The Balaban J connectivity index is 1.24. The first kappa shape index (κ1) is 23.3. The molecule has 3 aliphatic heterocycles. The first-order valence-electron chi connectivity index (χ1n) is 12.5. The average Bonchev–Trinajstić information content (AvgIpc) is 3.38. The molecule has 0 atom stereocenters. The Morgan fingerprint density at radius 3 is 2.50 bits per heavy atom. The van der Waals surface area contributed by atoms with Gasteiger partial charge in [-0.3, -0.25) is 4.90 Å². The van der Waals surface area contributed by atoms with Crippen molar-refractivity contribution in [3.8, 4) is 40.0 Å². The number of pyridine rings is 1. The Labute approximate surface area is 216 Å². The Morgan fingerprint density at radius 2 is 1.75 bits per heavy atom. The monoisotopic (exact) mass is 501 g/mol. The number of nitrogens with zero attached hydrogens (tertiary/aromatic N) is 3. The van der Waals surface area contributed by atoms with Gasteiger partial charge in [0.2, 0.25) is 0 Å². The fourth-order valence-electron chi connectivity index (χ4n) is 5.54. The van der Waals surface area contributed by atoms with Crippen LogP contribution in [0.2, 0.25) is 5.15 Å². The Hall–Kier alpha value is -3.11. The van der Waals surface area contributed by atoms with Gasteiger partial charge in [0, 0.05) is 29.8 Å². The van der Waals surface area contributed by atoms with E-state index in [1.54, 1.807) is 0 Å². The third kappa shape index (κ3) is 4.43. The SMILES string of the molecule is N#Cc1c(-c2ccc3c(c2)OCCO3)cccc1-c1ccc(CN2CCC3(CCOC3)CC2)c(Cl)n1. The van der Waals surface area contributed by atoms with Crippen LogP contribution in [0.3, 0.4) is 0 Å². The van der Waals surface area contributed by atoms with Crippen molar-refractivity contribution >= 4 is 11.6 Å². The molecule has 1 spiro atoms. The molecule has 7 heteroatoms. The molecule has 0 saturated carbocycles. The van der Waals surface area contributed by atoms with Crippen molar-refractivity contribution in [2.75, 3.05) is 39.5 Å². The topological polar surface area (TPSA) is 67.6 Å². The van der Waals surface area contributed by atoms with Gasteiger partial charge in [-0.05, 0) is 61.5 Å². The van der Waals surface area contributed by atoms with Crippen molar-refractivity contribution in [2.45, 2.75) is 25.8 Å². The number of benzene rings is 2. The summed E-state index contributed by atoms with van der Waals surface area (Å²) in [6.45, 7) is 5.76. The largest absolute Gasteiger partial charge is 0.486 e. The minimum atomic E-state index is 0.387. The van der Waals surface area contributed by atoms with Crippen molar-refractivity contribution in [3.63, 3.8) is 0 Å². The van der Waals surface area contributed by atoms with Crippen LogP contribution in [0.25, 0.3) is 22.4 Å². The molecule has 6 rings (SSSR count). The molecule has 3 aromatic rings. The van der Waals surface area contributed by atoms with Crippen molar-refractivity contribution in [3.05, 3.63) is 64.8 Å². The number of rotatable bonds is 4. The molecule has 0 N–H and O–H groups in total. The lowest BCUT2D eigenvalue weighted by Gasteiger charge is -2.38. The number of halogens is 1. The van der Waals surface area contributed by atoms with Crippen molar-refractivity contribution in [1.82, 2.24) is 9.88 Å². The quantitative estimate of drug-likeness (QED) is 0.426. The van der Waals surface area contributed by atoms with Gasteiger partial charge in [-0.2, -0.15) is 5.26 Å². The Morgan fingerprint density at radius 1 is 0.944 bits per heavy atom. The maximum Gasteiger partial charge on any atom is 0.161 e. The third-order valence-electron chi connectivity index (χ3n) is 7.73. The van der Waals surface area contributed by atoms with E-state index in [2.05, 4.69) is 11.0 Å². The summed E-state index contributed by atoms with van der Waals surface area (Å²) in [4.78, 5) is 7.17. The summed E-state index contributed by atoms with van der Waals surface area (Å²) in [5, 5.41) is 10.6. The normalized spacial score (nSPS) is 18.8. The molecular weight excluding hydrogens is 474 g/mol. The highest BCUT2D eigenvalue weighted by Crippen LogP contribution is 2.40. The summed E-state index contributed by atoms with van der Waals surface area (Å²) in [6.07, 6.45) is 3.53. The highest BCUT2D eigenvalue weighted by molar-refractivity contribution is 6.30. The second kappa shape index (κ2) is 9.74. The smallest absolute Gasteiger partial charge is 0.161 e. The van der Waals surface area contributed by atoms with Crippen LogP contribution >= 0.6 is 11.6 Å². The summed E-state index contributed by atoms with van der Waals surface area (Å²) in [5.74, 6) is 1.42. The van der Waals surface area contributed by atoms with E-state index in [0.29, 0.717) is 40.8 Å². The van der Waals surface area contributed by atoms with E-state index in [1.165, 1.54) is 19.3 Å². The summed E-state index contributed by atoms with van der Waals surface area (Å²) in [7, 11) is 0. The van der Waals surface area contributed by atoms with E-state index in [9.17, 15) is 5.26 Å². The van der Waals surface area contributed by atoms with Gasteiger partial charge in [-0.25, -0.2) is 4.98 Å². The number of aromatic nitrogens is 1. The zero-order valence-corrected chi connectivity index (χ0v) is 20.9. The zero-order valence-electron chi connectivity index (χ0n) is 20.1. The number of fused-ring (bicyclic) bond motifs is 1. The van der Waals surface area contributed by atoms with E-state index < -0.39 is 0 Å². The van der Waals surface area contributed by atoms with Crippen LogP contribution in [0.15, 0.2) is 48.5 Å². The standard InChI is InChI=1S/C29H28ClN3O3/c30-28-21(18-33-11-8-29(9-12-33)10-13-34-19-29)4-6-25(32-28)23-3-1-2-22(24(23)17-31)20-5-7-26-27(16-20)36-15-14-35-26/h1-7,16H,8-15,18-19H2. The lowest BCUT2D eigenvalue weighted by molar-refractivity contribution is 0.0773. The molecule has 0 radical (unpaired) electrons. The molecule has 0 amide bonds. The minimum absolute atomic E-state index is 0.387. The molecule has 184 valence electrons. The number of hydrogen-bond donors (Lipinski definition) is 0. The van der Waals surface area contributed by atoms with Gasteiger partial charge >= 0.3 is 0 Å². The summed E-state index contributed by atoms with van der Waals surface area (Å²) in [5.41, 5.74) is 5.15. The molecule has 2 aromatic carbocycles. The number of piperidine rings is 1. The highest BCUT2D eigenvalue weighted by atomic mass is 35.5. The third-order valence-corrected chi connectivity index (χ3v) is 8.05. The Kier molecular flexibility index (Phi) is 6.30. The fraction of sp³-hybridized carbons (Fsp3) is 0.379. The molecule has 2 fully saturated rings. The van der Waals surface area contributed by atoms with Gasteiger partial charge in [0.05, 0.1) is 17.9 Å². The summed E-state index contributed by atoms with van der Waals surface area (Å²) >= 11 is 6.68. The van der Waals surface area contributed by atoms with Gasteiger partial charge in [0.25, 0.3) is 0 Å². The summed E-state index contributed by atoms with van der Waals surface area (Å²) in [6, 6.07) is 18.0. The molecule has 0 unspecified atom stereocenters. The second-order valence-electron chi connectivity index (χ2n) is 9.92. The van der Waals surface area contributed by atoms with Gasteiger partial charge in [0.15, 0.2) is 11.5 Å². The molecule has 4 heterocycles. The molecular formula is C29H28ClN3O3. The van der Waals surface area contributed by atoms with Crippen molar-refractivity contribution < 1.29 is 14.2 Å². The number of hydrogen-bond acceptors (Lipinski definition) is 6. The zero-order chi connectivity index (χ0) is 24.5. The molecule has 6 nitrogen and oxygen atoms in total. The Bertz CT molecular complexity index is 1320. The van der Waals surface area contributed by atoms with Crippen LogP contribution in [-0.2, 0) is 11.3 Å². The van der Waals surface area contributed by atoms with Gasteiger partial charge in [-0.1, -0.05) is 41.9 Å². The minimum Gasteiger partial charge on any atom is -0.486 e. The maximum absolute atomic E-state index is 10.1. The molecule has 2 saturated heterocycles. The average molecular weight is 502 g/mol. The van der Waals surface area contributed by atoms with Gasteiger partial charge in [-0.15, -0.1) is 0 Å². The lowest BCUT2D eigenvalue weighted by Crippen LogP contribution is -2.40. The second-order valence-corrected chi connectivity index (χ2v) is 10.3. The van der Waals surface area contributed by atoms with Crippen LogP contribution in [0, 0.1) is 16.7 Å². The summed E-state index contributed by atoms with van der Waals surface area (Å²) < 4.78 is 17.0. The van der Waals surface area contributed by atoms with E-state index in [1.807, 2.05) is 48.5 Å². The predicted octanol–water partition coefficient (Wildman–Crippen LogP) is 5.71. The van der Waals surface area contributed by atoms with Gasteiger partial charge in [0.1, 0.15) is 24.4 Å². The van der Waals surface area contributed by atoms with E-state index in [4.69, 9.17) is 30.8 Å². The lowest BCUT2D eigenvalue weighted by atomic mass is 9.78. The predicted molar refractivity (Wildman–Crippen MR) is 138 cm³/mol. The first-order valence-corrected chi connectivity index (χ1v) is 12.9. The van der Waals surface area contributed by atoms with E-state index >= 15 is 0 Å².